The second-order valence-corrected chi connectivity index (χ2v) is 5.03. The van der Waals surface area contributed by atoms with Gasteiger partial charge >= 0.3 is 0 Å². The molecule has 0 spiro atoms. The van der Waals surface area contributed by atoms with E-state index >= 15 is 0 Å². The van der Waals surface area contributed by atoms with Gasteiger partial charge in [-0.3, -0.25) is 4.79 Å². The predicted octanol–water partition coefficient (Wildman–Crippen LogP) is 2.87. The van der Waals surface area contributed by atoms with Gasteiger partial charge in [0.05, 0.1) is 0 Å². The summed E-state index contributed by atoms with van der Waals surface area (Å²) in [5.74, 6) is -0.0393. The summed E-state index contributed by atoms with van der Waals surface area (Å²) in [6.45, 7) is 0.576. The van der Waals surface area contributed by atoms with Crippen molar-refractivity contribution in [2.24, 2.45) is 0 Å². The summed E-state index contributed by atoms with van der Waals surface area (Å²) in [6.07, 6.45) is 5.57. The Morgan fingerprint density at radius 2 is 1.88 bits per heavy atom. The van der Waals surface area contributed by atoms with Crippen LogP contribution in [0.4, 0.5) is 0 Å². The van der Waals surface area contributed by atoms with Crippen LogP contribution in [-0.2, 0) is 11.3 Å². The van der Waals surface area contributed by atoms with Crippen LogP contribution in [0.15, 0.2) is 40.6 Å². The van der Waals surface area contributed by atoms with Crippen LogP contribution in [0.3, 0.4) is 0 Å². The van der Waals surface area contributed by atoms with E-state index in [0.717, 1.165) is 9.80 Å². The molecule has 0 heterocycles. The van der Waals surface area contributed by atoms with Crippen LogP contribution in [0.2, 0.25) is 0 Å². The molecule has 16 heavy (non-hydrogen) atoms. The number of hydrogen-bond acceptors (Lipinski definition) is 3. The molecule has 1 aromatic rings. The fraction of sp³-hybridized carbons (Fsp3) is 0.250. The maximum atomic E-state index is 11.5. The number of carbonyl (C=O) groups is 1. The average molecular weight is 253 g/mol. The number of rotatable bonds is 5. The molecule has 1 rings (SSSR count). The van der Waals surface area contributed by atoms with E-state index in [2.05, 4.69) is 5.32 Å². The molecule has 0 unspecified atom stereocenters. The fourth-order valence-corrected chi connectivity index (χ4v) is 2.26. The van der Waals surface area contributed by atoms with Crippen LogP contribution in [0.25, 0.3) is 0 Å². The maximum Gasteiger partial charge on any atom is 0.245 e. The van der Waals surface area contributed by atoms with Gasteiger partial charge < -0.3 is 5.32 Å². The van der Waals surface area contributed by atoms with Gasteiger partial charge in [0.25, 0.3) is 0 Å². The van der Waals surface area contributed by atoms with Gasteiger partial charge in [-0.2, -0.15) is 0 Å². The summed E-state index contributed by atoms with van der Waals surface area (Å²) in [5.41, 5.74) is 1.11. The molecule has 1 N–H and O–H groups in total. The highest BCUT2D eigenvalue weighted by Gasteiger charge is 1.99. The first-order valence-electron chi connectivity index (χ1n) is 4.87. The molecule has 0 saturated carbocycles. The van der Waals surface area contributed by atoms with Gasteiger partial charge in [0.2, 0.25) is 5.91 Å². The summed E-state index contributed by atoms with van der Waals surface area (Å²) >= 11 is 3.17. The number of benzene rings is 1. The lowest BCUT2D eigenvalue weighted by Gasteiger charge is -2.03. The van der Waals surface area contributed by atoms with Gasteiger partial charge in [-0.05, 0) is 18.1 Å². The second-order valence-electron chi connectivity index (χ2n) is 3.08. The fourth-order valence-electron chi connectivity index (χ4n) is 1.14. The third-order valence-electron chi connectivity index (χ3n) is 1.96. The Kier molecular flexibility index (Phi) is 6.11. The summed E-state index contributed by atoms with van der Waals surface area (Å²) in [4.78, 5) is 11.5. The second kappa shape index (κ2) is 7.41. The molecular formula is C12H15NOS2. The molecule has 0 atom stereocenters. The SMILES string of the molecule is CSC(=CC(=O)NCc1ccccc1)SC. The number of amides is 1. The molecular weight excluding hydrogens is 238 g/mol. The van der Waals surface area contributed by atoms with E-state index in [1.54, 1.807) is 29.6 Å². The van der Waals surface area contributed by atoms with Crippen LogP contribution in [-0.4, -0.2) is 18.4 Å². The Balaban J connectivity index is 2.44. The summed E-state index contributed by atoms with van der Waals surface area (Å²) in [7, 11) is 0. The predicted molar refractivity (Wildman–Crippen MR) is 73.4 cm³/mol. The van der Waals surface area contributed by atoms with E-state index in [1.807, 2.05) is 42.8 Å². The standard InChI is InChI=1S/C12H15NOS2/c1-15-12(16-2)8-11(14)13-9-10-6-4-3-5-7-10/h3-8H,9H2,1-2H3,(H,13,14). The summed E-state index contributed by atoms with van der Waals surface area (Å²) in [6, 6.07) is 9.88. The molecule has 0 aliphatic rings. The van der Waals surface area contributed by atoms with Crippen LogP contribution in [0.1, 0.15) is 5.56 Å². The molecule has 1 aromatic carbocycles. The van der Waals surface area contributed by atoms with Gasteiger partial charge in [-0.15, -0.1) is 23.5 Å². The van der Waals surface area contributed by atoms with Crippen molar-refractivity contribution in [1.82, 2.24) is 5.32 Å². The molecule has 0 aliphatic heterocycles. The highest BCUT2D eigenvalue weighted by Crippen LogP contribution is 2.22. The minimum Gasteiger partial charge on any atom is -0.348 e. The van der Waals surface area contributed by atoms with E-state index in [0.29, 0.717) is 6.54 Å². The Morgan fingerprint density at radius 3 is 2.44 bits per heavy atom. The first-order valence-corrected chi connectivity index (χ1v) is 7.32. The minimum atomic E-state index is -0.0393. The first kappa shape index (κ1) is 13.2. The summed E-state index contributed by atoms with van der Waals surface area (Å²) in [5, 5.41) is 2.86. The average Bonchev–Trinajstić information content (AvgIpc) is 2.34. The van der Waals surface area contributed by atoms with Crippen LogP contribution < -0.4 is 5.32 Å². The smallest absolute Gasteiger partial charge is 0.245 e. The van der Waals surface area contributed by atoms with Crippen LogP contribution >= 0.6 is 23.5 Å². The zero-order valence-corrected chi connectivity index (χ0v) is 11.0. The third-order valence-corrected chi connectivity index (χ3v) is 4.00. The Bertz CT molecular complexity index is 357. The molecule has 0 bridgehead atoms. The monoisotopic (exact) mass is 253 g/mol. The number of nitrogens with one attached hydrogen (secondary N) is 1. The molecule has 86 valence electrons. The van der Waals surface area contributed by atoms with E-state index in [-0.39, 0.29) is 5.91 Å². The van der Waals surface area contributed by atoms with E-state index < -0.39 is 0 Å². The highest BCUT2D eigenvalue weighted by atomic mass is 32.2. The first-order chi connectivity index (χ1) is 7.76. The number of hydrogen-bond donors (Lipinski definition) is 1. The normalized spacial score (nSPS) is 9.62. The zero-order chi connectivity index (χ0) is 11.8. The van der Waals surface area contributed by atoms with Gasteiger partial charge in [-0.1, -0.05) is 30.3 Å². The molecule has 0 saturated heterocycles. The Hall–Kier alpha value is -0.870. The number of carbonyl (C=O) groups excluding carboxylic acids is 1. The largest absolute Gasteiger partial charge is 0.348 e. The van der Waals surface area contributed by atoms with Crippen molar-refractivity contribution >= 4 is 29.4 Å². The lowest BCUT2D eigenvalue weighted by atomic mass is 10.2. The maximum absolute atomic E-state index is 11.5. The molecule has 4 heteroatoms. The van der Waals surface area contributed by atoms with Crippen molar-refractivity contribution < 1.29 is 4.79 Å². The lowest BCUT2D eigenvalue weighted by molar-refractivity contribution is -0.116. The van der Waals surface area contributed by atoms with E-state index in [9.17, 15) is 4.79 Å². The van der Waals surface area contributed by atoms with Gasteiger partial charge in [0.1, 0.15) is 0 Å². The van der Waals surface area contributed by atoms with Crippen molar-refractivity contribution in [2.75, 3.05) is 12.5 Å². The van der Waals surface area contributed by atoms with E-state index in [4.69, 9.17) is 0 Å². The molecule has 0 aliphatic carbocycles. The molecule has 2 nitrogen and oxygen atoms in total. The van der Waals surface area contributed by atoms with Crippen molar-refractivity contribution in [2.45, 2.75) is 6.54 Å². The molecule has 0 fully saturated rings. The van der Waals surface area contributed by atoms with Gasteiger partial charge in [-0.25, -0.2) is 0 Å². The van der Waals surface area contributed by atoms with E-state index in [1.165, 1.54) is 0 Å². The molecule has 0 aromatic heterocycles. The lowest BCUT2D eigenvalue weighted by Crippen LogP contribution is -2.20. The summed E-state index contributed by atoms with van der Waals surface area (Å²) < 4.78 is 1.02. The van der Waals surface area contributed by atoms with Gasteiger partial charge in [0, 0.05) is 16.9 Å². The number of thioether (sulfide) groups is 2. The van der Waals surface area contributed by atoms with Crippen molar-refractivity contribution in [3.8, 4) is 0 Å². The topological polar surface area (TPSA) is 29.1 Å². The van der Waals surface area contributed by atoms with Crippen LogP contribution in [0, 0.1) is 0 Å². The van der Waals surface area contributed by atoms with Crippen molar-refractivity contribution in [1.29, 1.82) is 0 Å². The van der Waals surface area contributed by atoms with Crippen molar-refractivity contribution in [3.63, 3.8) is 0 Å². The molecule has 1 amide bonds. The quantitative estimate of drug-likeness (QED) is 0.818. The molecule has 0 radical (unpaired) electrons. The zero-order valence-electron chi connectivity index (χ0n) is 9.40. The third kappa shape index (κ3) is 4.77. The Labute approximate surface area is 105 Å². The van der Waals surface area contributed by atoms with Crippen molar-refractivity contribution in [3.05, 3.63) is 46.2 Å². The minimum absolute atomic E-state index is 0.0393. The van der Waals surface area contributed by atoms with Gasteiger partial charge in [0.15, 0.2) is 0 Å². The van der Waals surface area contributed by atoms with Crippen LogP contribution in [0.5, 0.6) is 0 Å². The highest BCUT2D eigenvalue weighted by molar-refractivity contribution is 8.21. The Morgan fingerprint density at radius 1 is 1.25 bits per heavy atom.